The Morgan fingerprint density at radius 1 is 1.12 bits per heavy atom. The summed E-state index contributed by atoms with van der Waals surface area (Å²) in [4.78, 5) is 24.2. The quantitative estimate of drug-likeness (QED) is 0.704. The third-order valence-electron chi connectivity index (χ3n) is 3.82. The molecule has 0 aliphatic heterocycles. The van der Waals surface area contributed by atoms with Gasteiger partial charge >= 0.3 is 0 Å². The van der Waals surface area contributed by atoms with Crippen molar-refractivity contribution in [3.8, 4) is 11.8 Å². The maximum absolute atomic E-state index is 12.3. The number of nitriles is 1. The molecule has 0 atom stereocenters. The fraction of sp³-hybridized carbons (Fsp3) is 0.105. The van der Waals surface area contributed by atoms with E-state index in [9.17, 15) is 9.59 Å². The summed E-state index contributed by atoms with van der Waals surface area (Å²) in [7, 11) is 1.85. The third-order valence-corrected chi connectivity index (χ3v) is 3.82. The summed E-state index contributed by atoms with van der Waals surface area (Å²) in [6, 6.07) is 16.1. The lowest BCUT2D eigenvalue weighted by molar-refractivity contribution is -0.123. The molecular weight excluding hydrogens is 332 g/mol. The molecule has 0 saturated heterocycles. The zero-order valence-electron chi connectivity index (χ0n) is 14.0. The summed E-state index contributed by atoms with van der Waals surface area (Å²) in [5.74, 6) is -0.649. The van der Waals surface area contributed by atoms with Crippen LogP contribution in [0.3, 0.4) is 0 Å². The van der Waals surface area contributed by atoms with E-state index in [-0.39, 0.29) is 6.61 Å². The highest BCUT2D eigenvalue weighted by atomic mass is 16.5. The molecule has 0 spiro atoms. The van der Waals surface area contributed by atoms with Gasteiger partial charge < -0.3 is 9.30 Å². The first kappa shape index (κ1) is 17.0. The number of nitrogens with zero attached hydrogens (tertiary/aromatic N) is 2. The molecule has 1 heterocycles. The van der Waals surface area contributed by atoms with Crippen LogP contribution in [-0.2, 0) is 11.8 Å². The van der Waals surface area contributed by atoms with Crippen molar-refractivity contribution < 1.29 is 14.3 Å². The van der Waals surface area contributed by atoms with Gasteiger partial charge in [-0.1, -0.05) is 30.3 Å². The van der Waals surface area contributed by atoms with Crippen LogP contribution in [0.25, 0.3) is 10.9 Å². The largest absolute Gasteiger partial charge is 0.482 e. The molecule has 0 unspecified atom stereocenters. The lowest BCUT2D eigenvalue weighted by Gasteiger charge is -2.09. The third kappa shape index (κ3) is 3.49. The van der Waals surface area contributed by atoms with E-state index in [1.165, 1.54) is 0 Å². The van der Waals surface area contributed by atoms with E-state index >= 15 is 0 Å². The van der Waals surface area contributed by atoms with Crippen molar-refractivity contribution in [2.45, 2.75) is 0 Å². The average molecular weight is 348 g/mol. The number of nitrogens with one attached hydrogen (secondary N) is 2. The topological polar surface area (TPSA) is 96.2 Å². The number of carbonyl (C=O) groups excluding carboxylic acids is 2. The first-order chi connectivity index (χ1) is 12.6. The minimum Gasteiger partial charge on any atom is -0.482 e. The van der Waals surface area contributed by atoms with Gasteiger partial charge in [-0.15, -0.1) is 0 Å². The number of fused-ring (bicyclic) bond motifs is 1. The van der Waals surface area contributed by atoms with Crippen LogP contribution in [0.1, 0.15) is 15.9 Å². The van der Waals surface area contributed by atoms with Gasteiger partial charge in [0.1, 0.15) is 11.8 Å². The number of para-hydroxylation sites is 2. The van der Waals surface area contributed by atoms with Gasteiger partial charge in [-0.3, -0.25) is 20.4 Å². The van der Waals surface area contributed by atoms with Crippen molar-refractivity contribution in [3.05, 3.63) is 65.9 Å². The summed E-state index contributed by atoms with van der Waals surface area (Å²) in [5, 5.41) is 9.78. The summed E-state index contributed by atoms with van der Waals surface area (Å²) in [6.45, 7) is -0.325. The SMILES string of the molecule is Cn1cc(C(=O)NNC(=O)COc2ccccc2C#N)c2ccccc21. The summed E-state index contributed by atoms with van der Waals surface area (Å²) >= 11 is 0. The Labute approximate surface area is 149 Å². The minimum atomic E-state index is -0.536. The van der Waals surface area contributed by atoms with Crippen molar-refractivity contribution in [1.82, 2.24) is 15.4 Å². The lowest BCUT2D eigenvalue weighted by Crippen LogP contribution is -2.43. The lowest BCUT2D eigenvalue weighted by atomic mass is 10.2. The van der Waals surface area contributed by atoms with Crippen LogP contribution in [-0.4, -0.2) is 23.0 Å². The first-order valence-corrected chi connectivity index (χ1v) is 7.85. The van der Waals surface area contributed by atoms with Crippen molar-refractivity contribution in [2.24, 2.45) is 7.05 Å². The molecule has 0 fully saturated rings. The molecule has 3 aromatic rings. The maximum Gasteiger partial charge on any atom is 0.276 e. The zero-order valence-corrected chi connectivity index (χ0v) is 14.0. The number of aromatic nitrogens is 1. The van der Waals surface area contributed by atoms with Gasteiger partial charge in [0.05, 0.1) is 11.1 Å². The van der Waals surface area contributed by atoms with E-state index in [0.717, 1.165) is 10.9 Å². The molecule has 2 aromatic carbocycles. The van der Waals surface area contributed by atoms with Gasteiger partial charge in [0, 0.05) is 24.1 Å². The Morgan fingerprint density at radius 2 is 1.85 bits per heavy atom. The van der Waals surface area contributed by atoms with E-state index in [4.69, 9.17) is 10.00 Å². The van der Waals surface area contributed by atoms with Crippen LogP contribution >= 0.6 is 0 Å². The minimum absolute atomic E-state index is 0.311. The Bertz CT molecular complexity index is 1020. The molecule has 26 heavy (non-hydrogen) atoms. The van der Waals surface area contributed by atoms with E-state index < -0.39 is 11.8 Å². The zero-order chi connectivity index (χ0) is 18.5. The summed E-state index contributed by atoms with van der Waals surface area (Å²) in [5.41, 5.74) is 6.39. The number of hydrogen-bond acceptors (Lipinski definition) is 4. The van der Waals surface area contributed by atoms with E-state index in [2.05, 4.69) is 10.9 Å². The normalized spacial score (nSPS) is 10.2. The number of carbonyl (C=O) groups is 2. The van der Waals surface area contributed by atoms with Crippen LogP contribution in [0, 0.1) is 11.3 Å². The van der Waals surface area contributed by atoms with Crippen molar-refractivity contribution >= 4 is 22.7 Å². The molecule has 7 heteroatoms. The number of aryl methyl sites for hydroxylation is 1. The second kappa shape index (κ2) is 7.40. The monoisotopic (exact) mass is 348 g/mol. The second-order valence-electron chi connectivity index (χ2n) is 5.57. The number of hydrogen-bond donors (Lipinski definition) is 2. The van der Waals surface area contributed by atoms with Gasteiger partial charge in [0.2, 0.25) is 0 Å². The molecule has 7 nitrogen and oxygen atoms in total. The molecular formula is C19H16N4O3. The molecule has 2 amide bonds. The Kier molecular flexibility index (Phi) is 4.85. The summed E-state index contributed by atoms with van der Waals surface area (Å²) in [6.07, 6.45) is 1.70. The van der Waals surface area contributed by atoms with Crippen LogP contribution in [0.2, 0.25) is 0 Å². The molecule has 0 bridgehead atoms. The van der Waals surface area contributed by atoms with Crippen LogP contribution in [0.15, 0.2) is 54.7 Å². The highest BCUT2D eigenvalue weighted by Crippen LogP contribution is 2.20. The van der Waals surface area contributed by atoms with E-state index in [1.54, 1.807) is 30.5 Å². The van der Waals surface area contributed by atoms with Gasteiger partial charge in [-0.25, -0.2) is 0 Å². The van der Waals surface area contributed by atoms with E-state index in [1.807, 2.05) is 41.9 Å². The number of amides is 2. The number of ether oxygens (including phenoxy) is 1. The molecule has 0 saturated carbocycles. The predicted molar refractivity (Wildman–Crippen MR) is 95.2 cm³/mol. The van der Waals surface area contributed by atoms with Crippen molar-refractivity contribution in [3.63, 3.8) is 0 Å². The van der Waals surface area contributed by atoms with Gasteiger partial charge in [-0.05, 0) is 18.2 Å². The molecule has 0 aliphatic carbocycles. The second-order valence-corrected chi connectivity index (χ2v) is 5.57. The van der Waals surface area contributed by atoms with Crippen molar-refractivity contribution in [1.29, 1.82) is 5.26 Å². The van der Waals surface area contributed by atoms with Gasteiger partial charge in [0.25, 0.3) is 11.8 Å². The molecule has 0 aliphatic rings. The fourth-order valence-electron chi connectivity index (χ4n) is 2.58. The van der Waals surface area contributed by atoms with Crippen LogP contribution < -0.4 is 15.6 Å². The molecule has 1 aromatic heterocycles. The van der Waals surface area contributed by atoms with Gasteiger partial charge in [-0.2, -0.15) is 5.26 Å². The fourth-order valence-corrected chi connectivity index (χ4v) is 2.58. The molecule has 0 radical (unpaired) electrons. The van der Waals surface area contributed by atoms with Crippen LogP contribution in [0.4, 0.5) is 0 Å². The number of rotatable bonds is 4. The molecule has 130 valence electrons. The maximum atomic E-state index is 12.3. The first-order valence-electron chi connectivity index (χ1n) is 7.85. The molecule has 2 N–H and O–H groups in total. The Balaban J connectivity index is 1.59. The average Bonchev–Trinajstić information content (AvgIpc) is 3.02. The highest BCUT2D eigenvalue weighted by molar-refractivity contribution is 6.07. The highest BCUT2D eigenvalue weighted by Gasteiger charge is 2.14. The van der Waals surface area contributed by atoms with Crippen molar-refractivity contribution in [2.75, 3.05) is 6.61 Å². The standard InChI is InChI=1S/C19H16N4O3/c1-23-11-15(14-7-3-4-8-16(14)23)19(25)22-21-18(24)12-26-17-9-5-2-6-13(17)10-20/h2-9,11H,12H2,1H3,(H,21,24)(H,22,25). The van der Waals surface area contributed by atoms with Gasteiger partial charge in [0.15, 0.2) is 6.61 Å². The van der Waals surface area contributed by atoms with Crippen LogP contribution in [0.5, 0.6) is 5.75 Å². The predicted octanol–water partition coefficient (Wildman–Crippen LogP) is 1.89. The smallest absolute Gasteiger partial charge is 0.276 e. The Hall–Kier alpha value is -3.79. The molecule has 3 rings (SSSR count). The van der Waals surface area contributed by atoms with E-state index in [0.29, 0.717) is 16.9 Å². The number of hydrazine groups is 1. The Morgan fingerprint density at radius 3 is 2.65 bits per heavy atom. The summed E-state index contributed by atoms with van der Waals surface area (Å²) < 4.78 is 7.15. The number of benzene rings is 2.